The number of hydrogen-bond donors (Lipinski definition) is 1. The standard InChI is InChI=1S/C18H22N2O2S/c1-15-6-2-3-7-16(15)14-23(21,22)19-17-8-10-18(11-9-17)20-12-4-5-13-20/h2-3,6-11,19H,4-5,12-14H2,1H3. The summed E-state index contributed by atoms with van der Waals surface area (Å²) in [6, 6.07) is 15.2. The van der Waals surface area contributed by atoms with Crippen molar-refractivity contribution in [2.24, 2.45) is 0 Å². The van der Waals surface area contributed by atoms with Crippen LogP contribution in [0, 0.1) is 6.92 Å². The van der Waals surface area contributed by atoms with E-state index < -0.39 is 10.0 Å². The Morgan fingerprint density at radius 1 is 1.00 bits per heavy atom. The monoisotopic (exact) mass is 330 g/mol. The quantitative estimate of drug-likeness (QED) is 0.912. The smallest absolute Gasteiger partial charge is 0.236 e. The summed E-state index contributed by atoms with van der Waals surface area (Å²) < 4.78 is 27.3. The lowest BCUT2D eigenvalue weighted by atomic mass is 10.1. The van der Waals surface area contributed by atoms with E-state index in [4.69, 9.17) is 0 Å². The van der Waals surface area contributed by atoms with Crippen LogP contribution in [0.25, 0.3) is 0 Å². The van der Waals surface area contributed by atoms with Crippen LogP contribution in [0.5, 0.6) is 0 Å². The minimum Gasteiger partial charge on any atom is -0.372 e. The zero-order valence-electron chi connectivity index (χ0n) is 13.3. The number of anilines is 2. The number of sulfonamides is 1. The summed E-state index contributed by atoms with van der Waals surface area (Å²) in [6.07, 6.45) is 2.45. The SMILES string of the molecule is Cc1ccccc1CS(=O)(=O)Nc1ccc(N2CCCC2)cc1. The number of benzene rings is 2. The summed E-state index contributed by atoms with van der Waals surface area (Å²) in [5, 5.41) is 0. The van der Waals surface area contributed by atoms with Gasteiger partial charge in [-0.3, -0.25) is 4.72 Å². The minimum absolute atomic E-state index is 0.00640. The molecule has 122 valence electrons. The van der Waals surface area contributed by atoms with Gasteiger partial charge in [0.05, 0.1) is 5.75 Å². The molecule has 0 saturated carbocycles. The maximum absolute atomic E-state index is 12.3. The molecule has 23 heavy (non-hydrogen) atoms. The Balaban J connectivity index is 1.69. The molecule has 0 aromatic heterocycles. The van der Waals surface area contributed by atoms with Crippen LogP contribution in [-0.4, -0.2) is 21.5 Å². The zero-order valence-corrected chi connectivity index (χ0v) is 14.1. The van der Waals surface area contributed by atoms with E-state index in [1.807, 2.05) is 55.5 Å². The summed E-state index contributed by atoms with van der Waals surface area (Å²) in [7, 11) is -3.41. The Kier molecular flexibility index (Phi) is 4.57. The van der Waals surface area contributed by atoms with Crippen molar-refractivity contribution in [3.8, 4) is 0 Å². The lowest BCUT2D eigenvalue weighted by Crippen LogP contribution is -2.18. The van der Waals surface area contributed by atoms with E-state index in [1.54, 1.807) is 0 Å². The molecule has 1 heterocycles. The molecule has 3 rings (SSSR count). The minimum atomic E-state index is -3.41. The lowest BCUT2D eigenvalue weighted by Gasteiger charge is -2.18. The van der Waals surface area contributed by atoms with E-state index in [0.29, 0.717) is 5.69 Å². The number of rotatable bonds is 5. The molecule has 2 aromatic carbocycles. The van der Waals surface area contributed by atoms with Crippen LogP contribution in [0.3, 0.4) is 0 Å². The lowest BCUT2D eigenvalue weighted by molar-refractivity contribution is 0.600. The predicted molar refractivity (Wildman–Crippen MR) is 95.3 cm³/mol. The van der Waals surface area contributed by atoms with Crippen LogP contribution in [0.15, 0.2) is 48.5 Å². The van der Waals surface area contributed by atoms with E-state index in [1.165, 1.54) is 12.8 Å². The van der Waals surface area contributed by atoms with Gasteiger partial charge in [0.15, 0.2) is 0 Å². The van der Waals surface area contributed by atoms with Gasteiger partial charge in [-0.05, 0) is 55.2 Å². The highest BCUT2D eigenvalue weighted by atomic mass is 32.2. The molecule has 0 bridgehead atoms. The van der Waals surface area contributed by atoms with Gasteiger partial charge in [0, 0.05) is 24.5 Å². The topological polar surface area (TPSA) is 49.4 Å². The third-order valence-corrected chi connectivity index (χ3v) is 5.46. The van der Waals surface area contributed by atoms with Crippen molar-refractivity contribution in [2.45, 2.75) is 25.5 Å². The van der Waals surface area contributed by atoms with Gasteiger partial charge in [-0.1, -0.05) is 24.3 Å². The molecule has 0 unspecified atom stereocenters. The van der Waals surface area contributed by atoms with Crippen LogP contribution in [0.4, 0.5) is 11.4 Å². The average Bonchev–Trinajstić information content (AvgIpc) is 3.04. The maximum atomic E-state index is 12.3. The first kappa shape index (κ1) is 15.9. The van der Waals surface area contributed by atoms with Crippen molar-refractivity contribution in [3.05, 3.63) is 59.7 Å². The first-order valence-electron chi connectivity index (χ1n) is 7.93. The van der Waals surface area contributed by atoms with Crippen LogP contribution < -0.4 is 9.62 Å². The molecule has 0 radical (unpaired) electrons. The van der Waals surface area contributed by atoms with Crippen molar-refractivity contribution in [1.29, 1.82) is 0 Å². The Morgan fingerprint density at radius 2 is 1.65 bits per heavy atom. The van der Waals surface area contributed by atoms with E-state index in [2.05, 4.69) is 9.62 Å². The molecule has 1 N–H and O–H groups in total. The molecule has 1 saturated heterocycles. The molecule has 5 heteroatoms. The first-order chi connectivity index (χ1) is 11.0. The fraction of sp³-hybridized carbons (Fsp3) is 0.333. The second kappa shape index (κ2) is 6.62. The summed E-state index contributed by atoms with van der Waals surface area (Å²) >= 11 is 0. The fourth-order valence-corrected chi connectivity index (χ4v) is 4.21. The first-order valence-corrected chi connectivity index (χ1v) is 9.59. The highest BCUT2D eigenvalue weighted by molar-refractivity contribution is 7.91. The van der Waals surface area contributed by atoms with Crippen molar-refractivity contribution in [3.63, 3.8) is 0 Å². The molecular formula is C18H22N2O2S. The van der Waals surface area contributed by atoms with Gasteiger partial charge in [0.2, 0.25) is 10.0 Å². The predicted octanol–water partition coefficient (Wildman–Crippen LogP) is 3.54. The molecule has 1 aliphatic heterocycles. The van der Waals surface area contributed by atoms with Crippen LogP contribution in [0.1, 0.15) is 24.0 Å². The van der Waals surface area contributed by atoms with Gasteiger partial charge in [0.1, 0.15) is 0 Å². The Labute approximate surface area is 138 Å². The van der Waals surface area contributed by atoms with Crippen LogP contribution in [-0.2, 0) is 15.8 Å². The second-order valence-corrected chi connectivity index (χ2v) is 7.75. The molecule has 1 aliphatic rings. The van der Waals surface area contributed by atoms with Gasteiger partial charge >= 0.3 is 0 Å². The summed E-state index contributed by atoms with van der Waals surface area (Å²) in [5.41, 5.74) is 3.59. The molecule has 0 aliphatic carbocycles. The summed E-state index contributed by atoms with van der Waals surface area (Å²) in [6.45, 7) is 4.09. The molecule has 0 amide bonds. The van der Waals surface area contributed by atoms with Crippen molar-refractivity contribution in [1.82, 2.24) is 0 Å². The zero-order chi connectivity index (χ0) is 16.3. The maximum Gasteiger partial charge on any atom is 0.236 e. The Hall–Kier alpha value is -2.01. The number of nitrogens with one attached hydrogen (secondary N) is 1. The van der Waals surface area contributed by atoms with E-state index >= 15 is 0 Å². The molecular weight excluding hydrogens is 308 g/mol. The molecule has 4 nitrogen and oxygen atoms in total. The van der Waals surface area contributed by atoms with E-state index in [0.717, 1.165) is 29.9 Å². The number of aryl methyl sites for hydroxylation is 1. The summed E-state index contributed by atoms with van der Waals surface area (Å²) in [5.74, 6) is -0.00640. The Morgan fingerprint density at radius 3 is 2.30 bits per heavy atom. The van der Waals surface area contributed by atoms with E-state index in [-0.39, 0.29) is 5.75 Å². The number of hydrogen-bond acceptors (Lipinski definition) is 3. The second-order valence-electron chi connectivity index (χ2n) is 6.03. The van der Waals surface area contributed by atoms with Gasteiger partial charge in [0.25, 0.3) is 0 Å². The van der Waals surface area contributed by atoms with Gasteiger partial charge in [-0.15, -0.1) is 0 Å². The number of nitrogens with zero attached hydrogens (tertiary/aromatic N) is 1. The van der Waals surface area contributed by atoms with Crippen molar-refractivity contribution >= 4 is 21.4 Å². The highest BCUT2D eigenvalue weighted by Crippen LogP contribution is 2.23. The van der Waals surface area contributed by atoms with Gasteiger partial charge in [-0.2, -0.15) is 0 Å². The van der Waals surface area contributed by atoms with Crippen molar-refractivity contribution in [2.75, 3.05) is 22.7 Å². The normalized spacial score (nSPS) is 14.9. The molecule has 2 aromatic rings. The highest BCUT2D eigenvalue weighted by Gasteiger charge is 2.15. The van der Waals surface area contributed by atoms with E-state index in [9.17, 15) is 8.42 Å². The van der Waals surface area contributed by atoms with Gasteiger partial charge < -0.3 is 4.90 Å². The fourth-order valence-electron chi connectivity index (χ4n) is 2.91. The molecule has 0 atom stereocenters. The Bertz CT molecular complexity index is 764. The van der Waals surface area contributed by atoms with Crippen LogP contribution >= 0.6 is 0 Å². The summed E-state index contributed by atoms with van der Waals surface area (Å²) in [4.78, 5) is 2.33. The average molecular weight is 330 g/mol. The van der Waals surface area contributed by atoms with Gasteiger partial charge in [-0.25, -0.2) is 8.42 Å². The molecule has 1 fully saturated rings. The molecule has 0 spiro atoms. The third kappa shape index (κ3) is 4.05. The van der Waals surface area contributed by atoms with Crippen molar-refractivity contribution < 1.29 is 8.42 Å². The third-order valence-electron chi connectivity index (χ3n) is 4.22. The van der Waals surface area contributed by atoms with Crippen LogP contribution in [0.2, 0.25) is 0 Å². The largest absolute Gasteiger partial charge is 0.372 e.